The Morgan fingerprint density at radius 1 is 1.47 bits per heavy atom. The van der Waals surface area contributed by atoms with E-state index in [0.29, 0.717) is 6.54 Å². The Hall–Kier alpha value is -1.86. The topological polar surface area (TPSA) is 56.1 Å². The van der Waals surface area contributed by atoms with Crippen LogP contribution in [0, 0.1) is 11.3 Å². The van der Waals surface area contributed by atoms with Gasteiger partial charge in [-0.05, 0) is 19.1 Å². The second-order valence-electron chi connectivity index (χ2n) is 4.27. The van der Waals surface area contributed by atoms with E-state index in [2.05, 4.69) is 11.4 Å². The smallest absolute Gasteiger partial charge is 0.245 e. The van der Waals surface area contributed by atoms with Gasteiger partial charge < -0.3 is 10.2 Å². The van der Waals surface area contributed by atoms with Crippen molar-refractivity contribution in [3.8, 4) is 6.07 Å². The first-order valence-electron chi connectivity index (χ1n) is 5.72. The molecule has 1 fully saturated rings. The summed E-state index contributed by atoms with van der Waals surface area (Å²) in [6.45, 7) is 2.66. The first kappa shape index (κ1) is 11.6. The van der Waals surface area contributed by atoms with Crippen LogP contribution in [0.1, 0.15) is 13.3 Å². The molecule has 4 heteroatoms. The minimum atomic E-state index is -0.385. The lowest BCUT2D eigenvalue weighted by Crippen LogP contribution is -2.59. The second kappa shape index (κ2) is 4.98. The first-order chi connectivity index (χ1) is 8.22. The van der Waals surface area contributed by atoms with Crippen molar-refractivity contribution < 1.29 is 4.79 Å². The molecule has 0 aliphatic carbocycles. The molecule has 0 aromatic heterocycles. The fourth-order valence-electron chi connectivity index (χ4n) is 2.10. The number of nitrogens with one attached hydrogen (secondary N) is 1. The molecule has 1 saturated heterocycles. The highest BCUT2D eigenvalue weighted by molar-refractivity contribution is 5.98. The number of carbonyl (C=O) groups is 1. The molecule has 2 atom stereocenters. The van der Waals surface area contributed by atoms with Gasteiger partial charge in [-0.15, -0.1) is 0 Å². The molecule has 1 aliphatic rings. The van der Waals surface area contributed by atoms with Crippen LogP contribution in [0.25, 0.3) is 0 Å². The zero-order valence-corrected chi connectivity index (χ0v) is 9.76. The molecule has 2 unspecified atom stereocenters. The summed E-state index contributed by atoms with van der Waals surface area (Å²) in [5, 5.41) is 11.9. The average molecular weight is 229 g/mol. The van der Waals surface area contributed by atoms with Crippen LogP contribution in [0.15, 0.2) is 30.3 Å². The normalized spacial score (nSPS) is 24.5. The van der Waals surface area contributed by atoms with Gasteiger partial charge in [0, 0.05) is 18.3 Å². The summed E-state index contributed by atoms with van der Waals surface area (Å²) in [6, 6.07) is 11.4. The molecule has 1 aliphatic heterocycles. The van der Waals surface area contributed by atoms with E-state index in [4.69, 9.17) is 5.26 Å². The summed E-state index contributed by atoms with van der Waals surface area (Å²) in [4.78, 5) is 13.9. The lowest BCUT2D eigenvalue weighted by Gasteiger charge is -2.36. The predicted molar refractivity (Wildman–Crippen MR) is 65.4 cm³/mol. The molecule has 17 heavy (non-hydrogen) atoms. The molecule has 2 rings (SSSR count). The fourth-order valence-corrected chi connectivity index (χ4v) is 2.10. The number of piperazine rings is 1. The predicted octanol–water partition coefficient (Wildman–Crippen LogP) is 1.29. The molecule has 1 N–H and O–H groups in total. The van der Waals surface area contributed by atoms with Crippen LogP contribution in [-0.2, 0) is 4.79 Å². The Kier molecular flexibility index (Phi) is 3.40. The highest BCUT2D eigenvalue weighted by Gasteiger charge is 2.32. The van der Waals surface area contributed by atoms with Gasteiger partial charge in [-0.25, -0.2) is 0 Å². The van der Waals surface area contributed by atoms with Crippen LogP contribution in [0.5, 0.6) is 0 Å². The van der Waals surface area contributed by atoms with Crippen molar-refractivity contribution in [2.24, 2.45) is 0 Å². The number of rotatable bonds is 2. The van der Waals surface area contributed by atoms with Crippen LogP contribution in [0.2, 0.25) is 0 Å². The maximum absolute atomic E-state index is 12.2. The highest BCUT2D eigenvalue weighted by Crippen LogP contribution is 2.18. The van der Waals surface area contributed by atoms with Gasteiger partial charge in [0.25, 0.3) is 0 Å². The van der Waals surface area contributed by atoms with Gasteiger partial charge in [0.1, 0.15) is 6.04 Å². The maximum Gasteiger partial charge on any atom is 0.245 e. The number of para-hydroxylation sites is 1. The Labute approximate surface area is 101 Å². The van der Waals surface area contributed by atoms with Gasteiger partial charge >= 0.3 is 0 Å². The molecule has 4 nitrogen and oxygen atoms in total. The van der Waals surface area contributed by atoms with Crippen LogP contribution >= 0.6 is 0 Å². The minimum absolute atomic E-state index is 0.0177. The van der Waals surface area contributed by atoms with Crippen LogP contribution in [0.4, 0.5) is 5.69 Å². The number of benzene rings is 1. The van der Waals surface area contributed by atoms with Gasteiger partial charge in [-0.3, -0.25) is 4.79 Å². The summed E-state index contributed by atoms with van der Waals surface area (Å²) in [5.74, 6) is -0.0177. The van der Waals surface area contributed by atoms with Crippen LogP contribution in [0.3, 0.4) is 0 Å². The third kappa shape index (κ3) is 2.45. The zero-order chi connectivity index (χ0) is 12.3. The first-order valence-corrected chi connectivity index (χ1v) is 5.72. The van der Waals surface area contributed by atoms with E-state index in [1.807, 2.05) is 37.3 Å². The van der Waals surface area contributed by atoms with Crippen molar-refractivity contribution >= 4 is 11.6 Å². The second-order valence-corrected chi connectivity index (χ2v) is 4.27. The molecule has 1 aromatic carbocycles. The molecule has 1 aromatic rings. The molecule has 0 radical (unpaired) electrons. The quantitative estimate of drug-likeness (QED) is 0.831. The summed E-state index contributed by atoms with van der Waals surface area (Å²) in [7, 11) is 0. The number of amides is 1. The molecule has 1 amide bonds. The van der Waals surface area contributed by atoms with E-state index in [1.54, 1.807) is 4.90 Å². The summed E-state index contributed by atoms with van der Waals surface area (Å²) < 4.78 is 0. The molecule has 0 spiro atoms. The maximum atomic E-state index is 12.2. The average Bonchev–Trinajstić information content (AvgIpc) is 2.35. The van der Waals surface area contributed by atoms with Crippen LogP contribution in [-0.4, -0.2) is 24.5 Å². The molecule has 0 saturated carbocycles. The third-order valence-corrected chi connectivity index (χ3v) is 2.87. The zero-order valence-electron chi connectivity index (χ0n) is 9.76. The summed E-state index contributed by atoms with van der Waals surface area (Å²) in [6.07, 6.45) is 0.215. The molecular formula is C13H15N3O. The van der Waals surface area contributed by atoms with Gasteiger partial charge in [0.15, 0.2) is 0 Å². The Morgan fingerprint density at radius 2 is 2.18 bits per heavy atom. The van der Waals surface area contributed by atoms with Gasteiger partial charge in [0.2, 0.25) is 5.91 Å². The lowest BCUT2D eigenvalue weighted by atomic mass is 10.1. The number of anilines is 1. The van der Waals surface area contributed by atoms with Crippen molar-refractivity contribution in [1.29, 1.82) is 5.26 Å². The highest BCUT2D eigenvalue weighted by atomic mass is 16.2. The van der Waals surface area contributed by atoms with Crippen LogP contribution < -0.4 is 10.2 Å². The van der Waals surface area contributed by atoms with Crippen molar-refractivity contribution in [3.05, 3.63) is 30.3 Å². The number of hydrogen-bond donors (Lipinski definition) is 1. The molecule has 1 heterocycles. The van der Waals surface area contributed by atoms with Crippen molar-refractivity contribution in [1.82, 2.24) is 5.32 Å². The van der Waals surface area contributed by atoms with Crippen molar-refractivity contribution in [2.75, 3.05) is 11.4 Å². The number of carbonyl (C=O) groups excluding carboxylic acids is 1. The van der Waals surface area contributed by atoms with Crippen molar-refractivity contribution in [2.45, 2.75) is 25.4 Å². The molecule has 88 valence electrons. The summed E-state index contributed by atoms with van der Waals surface area (Å²) in [5.41, 5.74) is 0.897. The van der Waals surface area contributed by atoms with E-state index in [-0.39, 0.29) is 24.4 Å². The van der Waals surface area contributed by atoms with Gasteiger partial charge in [0.05, 0.1) is 12.5 Å². The fraction of sp³-hybridized carbons (Fsp3) is 0.385. The van der Waals surface area contributed by atoms with E-state index in [0.717, 1.165) is 5.69 Å². The SMILES string of the molecule is CC1CN(c2ccccc2)C(=O)C(CC#N)N1. The van der Waals surface area contributed by atoms with Gasteiger partial charge in [-0.2, -0.15) is 5.26 Å². The number of nitrogens with zero attached hydrogens (tertiary/aromatic N) is 2. The van der Waals surface area contributed by atoms with Crippen molar-refractivity contribution in [3.63, 3.8) is 0 Å². The number of nitriles is 1. The standard InChI is InChI=1S/C13H15N3O/c1-10-9-16(11-5-3-2-4-6-11)13(17)12(15-10)7-8-14/h2-6,10,12,15H,7,9H2,1H3. The minimum Gasteiger partial charge on any atom is -0.309 e. The van der Waals surface area contributed by atoms with E-state index >= 15 is 0 Å². The van der Waals surface area contributed by atoms with Gasteiger partial charge in [-0.1, -0.05) is 18.2 Å². The van der Waals surface area contributed by atoms with E-state index in [9.17, 15) is 4.79 Å². The largest absolute Gasteiger partial charge is 0.309 e. The van der Waals surface area contributed by atoms with E-state index < -0.39 is 0 Å². The summed E-state index contributed by atoms with van der Waals surface area (Å²) >= 11 is 0. The van der Waals surface area contributed by atoms with E-state index in [1.165, 1.54) is 0 Å². The number of hydrogen-bond acceptors (Lipinski definition) is 3. The Morgan fingerprint density at radius 3 is 2.82 bits per heavy atom. The molecule has 0 bridgehead atoms. The monoisotopic (exact) mass is 229 g/mol. The Bertz CT molecular complexity index is 438. The lowest BCUT2D eigenvalue weighted by molar-refractivity contribution is -0.122. The Balaban J connectivity index is 2.22. The third-order valence-electron chi connectivity index (χ3n) is 2.87. The molecular weight excluding hydrogens is 214 g/mol.